The number of nitrogens with one attached hydrogen (secondary N) is 2. The van der Waals surface area contributed by atoms with Crippen molar-refractivity contribution in [1.29, 1.82) is 0 Å². The van der Waals surface area contributed by atoms with Crippen molar-refractivity contribution in [1.82, 2.24) is 10.6 Å². The standard InChI is InChI=1S/C17H25F3N2O2/c1-3-4-5-7-13(2)22-16(23)21-11-14-8-6-9-15(10-14)12-24-17(18,19)20/h6,8-10,13H,3-5,7,11-12H2,1-2H3,(H2,21,22,23). The molecule has 0 saturated carbocycles. The van der Waals surface area contributed by atoms with Crippen molar-refractivity contribution in [3.8, 4) is 0 Å². The number of benzene rings is 1. The van der Waals surface area contributed by atoms with E-state index in [0.717, 1.165) is 25.7 Å². The molecule has 0 aliphatic rings. The Morgan fingerprint density at radius 3 is 2.62 bits per heavy atom. The van der Waals surface area contributed by atoms with Crippen LogP contribution in [0.15, 0.2) is 24.3 Å². The maximum Gasteiger partial charge on any atom is 0.522 e. The molecule has 1 rings (SSSR count). The number of ether oxygens (including phenoxy) is 1. The molecule has 24 heavy (non-hydrogen) atoms. The van der Waals surface area contributed by atoms with Crippen LogP contribution in [0.1, 0.15) is 50.7 Å². The smallest absolute Gasteiger partial charge is 0.336 e. The van der Waals surface area contributed by atoms with Crippen molar-refractivity contribution >= 4 is 6.03 Å². The van der Waals surface area contributed by atoms with E-state index in [1.807, 2.05) is 6.92 Å². The summed E-state index contributed by atoms with van der Waals surface area (Å²) >= 11 is 0. The van der Waals surface area contributed by atoms with E-state index < -0.39 is 13.0 Å². The van der Waals surface area contributed by atoms with Gasteiger partial charge in [-0.15, -0.1) is 13.2 Å². The topological polar surface area (TPSA) is 50.4 Å². The summed E-state index contributed by atoms with van der Waals surface area (Å²) in [7, 11) is 0. The highest BCUT2D eigenvalue weighted by atomic mass is 19.4. The lowest BCUT2D eigenvalue weighted by molar-refractivity contribution is -0.330. The zero-order chi connectivity index (χ0) is 18.0. The van der Waals surface area contributed by atoms with E-state index >= 15 is 0 Å². The van der Waals surface area contributed by atoms with Crippen molar-refractivity contribution in [2.75, 3.05) is 0 Å². The molecule has 0 fully saturated rings. The first-order chi connectivity index (χ1) is 11.3. The zero-order valence-electron chi connectivity index (χ0n) is 14.1. The summed E-state index contributed by atoms with van der Waals surface area (Å²) in [6.45, 7) is 3.77. The molecule has 0 saturated heterocycles. The molecule has 1 unspecified atom stereocenters. The molecule has 0 spiro atoms. The minimum absolute atomic E-state index is 0.0862. The van der Waals surface area contributed by atoms with E-state index in [1.54, 1.807) is 24.3 Å². The molecule has 0 aliphatic heterocycles. The second-order valence-corrected chi connectivity index (χ2v) is 5.78. The molecule has 4 nitrogen and oxygen atoms in total. The van der Waals surface area contributed by atoms with Crippen LogP contribution in [-0.2, 0) is 17.9 Å². The SMILES string of the molecule is CCCCCC(C)NC(=O)NCc1cccc(COC(F)(F)F)c1. The third-order valence-electron chi connectivity index (χ3n) is 3.47. The van der Waals surface area contributed by atoms with Crippen molar-refractivity contribution in [2.24, 2.45) is 0 Å². The average molecular weight is 346 g/mol. The molecule has 2 amide bonds. The lowest BCUT2D eigenvalue weighted by atomic mass is 10.1. The summed E-state index contributed by atoms with van der Waals surface area (Å²) in [5.74, 6) is 0. The van der Waals surface area contributed by atoms with E-state index in [9.17, 15) is 18.0 Å². The summed E-state index contributed by atoms with van der Waals surface area (Å²) in [5, 5.41) is 5.55. The number of halogens is 3. The van der Waals surface area contributed by atoms with E-state index in [2.05, 4.69) is 22.3 Å². The molecule has 7 heteroatoms. The Kier molecular flexibility index (Phi) is 8.60. The van der Waals surface area contributed by atoms with Gasteiger partial charge in [0.05, 0.1) is 6.61 Å². The van der Waals surface area contributed by atoms with Crippen molar-refractivity contribution in [3.05, 3.63) is 35.4 Å². The first-order valence-electron chi connectivity index (χ1n) is 8.13. The Labute approximate surface area is 140 Å². The van der Waals surface area contributed by atoms with Gasteiger partial charge in [-0.2, -0.15) is 0 Å². The van der Waals surface area contributed by atoms with Crippen LogP contribution in [0.25, 0.3) is 0 Å². The van der Waals surface area contributed by atoms with Gasteiger partial charge in [0, 0.05) is 12.6 Å². The Morgan fingerprint density at radius 2 is 1.96 bits per heavy atom. The van der Waals surface area contributed by atoms with E-state index in [4.69, 9.17) is 0 Å². The molecule has 0 aromatic heterocycles. The Bertz CT molecular complexity index is 507. The number of unbranched alkanes of at least 4 members (excludes halogenated alkanes) is 2. The third kappa shape index (κ3) is 9.39. The molecular formula is C17H25F3N2O2. The van der Waals surface area contributed by atoms with Crippen molar-refractivity contribution in [2.45, 2.75) is 65.1 Å². The number of hydrogen-bond donors (Lipinski definition) is 2. The van der Waals surface area contributed by atoms with Gasteiger partial charge in [0.15, 0.2) is 0 Å². The highest BCUT2D eigenvalue weighted by Crippen LogP contribution is 2.19. The minimum atomic E-state index is -4.65. The van der Waals surface area contributed by atoms with Crippen LogP contribution < -0.4 is 10.6 Å². The maximum atomic E-state index is 12.0. The van der Waals surface area contributed by atoms with Crippen LogP contribution in [0.4, 0.5) is 18.0 Å². The first-order valence-corrected chi connectivity index (χ1v) is 8.13. The quantitative estimate of drug-likeness (QED) is 0.647. The summed E-state index contributed by atoms with van der Waals surface area (Å²) < 4.78 is 39.9. The number of amides is 2. The second-order valence-electron chi connectivity index (χ2n) is 5.78. The van der Waals surface area contributed by atoms with Gasteiger partial charge >= 0.3 is 12.4 Å². The van der Waals surface area contributed by atoms with Gasteiger partial charge < -0.3 is 10.6 Å². The predicted molar refractivity (Wildman–Crippen MR) is 86.3 cm³/mol. The summed E-state index contributed by atoms with van der Waals surface area (Å²) in [6.07, 6.45) is -0.388. The second kappa shape index (κ2) is 10.2. The fourth-order valence-corrected chi connectivity index (χ4v) is 2.22. The molecule has 2 N–H and O–H groups in total. The van der Waals surface area contributed by atoms with Gasteiger partial charge in [0.25, 0.3) is 0 Å². The Hall–Kier alpha value is -1.76. The molecule has 1 atom stereocenters. The molecule has 1 aromatic rings. The fourth-order valence-electron chi connectivity index (χ4n) is 2.22. The van der Waals surface area contributed by atoms with Crippen LogP contribution in [0.2, 0.25) is 0 Å². The maximum absolute atomic E-state index is 12.0. The normalized spacial score (nSPS) is 12.7. The van der Waals surface area contributed by atoms with E-state index in [0.29, 0.717) is 11.1 Å². The molecule has 0 bridgehead atoms. The van der Waals surface area contributed by atoms with E-state index in [1.165, 1.54) is 0 Å². The van der Waals surface area contributed by atoms with Gasteiger partial charge in [-0.05, 0) is 24.5 Å². The lowest BCUT2D eigenvalue weighted by Gasteiger charge is -2.14. The number of rotatable bonds is 9. The Balaban J connectivity index is 2.37. The number of alkyl halides is 3. The number of carbonyl (C=O) groups excluding carboxylic acids is 1. The largest absolute Gasteiger partial charge is 0.522 e. The predicted octanol–water partition coefficient (Wildman–Crippen LogP) is 4.49. The van der Waals surface area contributed by atoms with Gasteiger partial charge in [-0.25, -0.2) is 4.79 Å². The third-order valence-corrected chi connectivity index (χ3v) is 3.47. The van der Waals surface area contributed by atoms with Crippen LogP contribution in [0.3, 0.4) is 0 Å². The number of carbonyl (C=O) groups is 1. The fraction of sp³-hybridized carbons (Fsp3) is 0.588. The first kappa shape index (κ1) is 20.3. The number of urea groups is 1. The minimum Gasteiger partial charge on any atom is -0.336 e. The molecule has 0 aliphatic carbocycles. The zero-order valence-corrected chi connectivity index (χ0v) is 14.1. The lowest BCUT2D eigenvalue weighted by Crippen LogP contribution is -2.40. The highest BCUT2D eigenvalue weighted by Gasteiger charge is 2.28. The molecule has 1 aromatic carbocycles. The summed E-state index contributed by atoms with van der Waals surface area (Å²) in [5.41, 5.74) is 1.12. The van der Waals surface area contributed by atoms with Crippen LogP contribution in [-0.4, -0.2) is 18.4 Å². The van der Waals surface area contributed by atoms with Crippen molar-refractivity contribution < 1.29 is 22.7 Å². The molecule has 136 valence electrons. The number of hydrogen-bond acceptors (Lipinski definition) is 2. The summed E-state index contributed by atoms with van der Waals surface area (Å²) in [6, 6.07) is 6.31. The van der Waals surface area contributed by atoms with Crippen molar-refractivity contribution in [3.63, 3.8) is 0 Å². The van der Waals surface area contributed by atoms with Gasteiger partial charge in [-0.1, -0.05) is 50.5 Å². The van der Waals surface area contributed by atoms with Crippen LogP contribution >= 0.6 is 0 Å². The van der Waals surface area contributed by atoms with Gasteiger partial charge in [0.1, 0.15) is 0 Å². The monoisotopic (exact) mass is 346 g/mol. The molecule has 0 heterocycles. The van der Waals surface area contributed by atoms with Crippen LogP contribution in [0, 0.1) is 0 Å². The van der Waals surface area contributed by atoms with E-state index in [-0.39, 0.29) is 18.6 Å². The molecule has 0 radical (unpaired) electrons. The average Bonchev–Trinajstić information content (AvgIpc) is 2.51. The van der Waals surface area contributed by atoms with Gasteiger partial charge in [0.2, 0.25) is 0 Å². The van der Waals surface area contributed by atoms with Gasteiger partial charge in [-0.3, -0.25) is 4.74 Å². The highest BCUT2D eigenvalue weighted by molar-refractivity contribution is 5.74. The molecular weight excluding hydrogens is 321 g/mol. The van der Waals surface area contributed by atoms with Crippen LogP contribution in [0.5, 0.6) is 0 Å². The summed E-state index contributed by atoms with van der Waals surface area (Å²) in [4.78, 5) is 11.8. The Morgan fingerprint density at radius 1 is 1.25 bits per heavy atom.